The van der Waals surface area contributed by atoms with Gasteiger partial charge in [0.15, 0.2) is 0 Å². The third-order valence-corrected chi connectivity index (χ3v) is 2.34. The number of hydrogen-bond donors (Lipinski definition) is 2. The summed E-state index contributed by atoms with van der Waals surface area (Å²) >= 11 is 0. The minimum Gasteiger partial charge on any atom is -0.344 e. The fraction of sp³-hybridized carbons (Fsp3) is 0.429. The van der Waals surface area contributed by atoms with Gasteiger partial charge in [0.05, 0.1) is 0 Å². The first kappa shape index (κ1) is 14.3. The summed E-state index contributed by atoms with van der Waals surface area (Å²) in [5, 5.41) is 0. The molecule has 0 aromatic rings. The molecule has 0 rings (SSSR count). The number of rotatable bonds is 6. The summed E-state index contributed by atoms with van der Waals surface area (Å²) in [7, 11) is -2.89. The van der Waals surface area contributed by atoms with Crippen molar-refractivity contribution in [1.82, 2.24) is 6.15 Å². The van der Waals surface area contributed by atoms with Crippen LogP contribution in [0.1, 0.15) is 0 Å². The Morgan fingerprint density at radius 1 is 1.25 bits per heavy atom. The van der Waals surface area contributed by atoms with E-state index in [9.17, 15) is 4.89 Å². The summed E-state index contributed by atoms with van der Waals surface area (Å²) in [5.41, 5.74) is 0. The van der Waals surface area contributed by atoms with Crippen molar-refractivity contribution in [3.63, 3.8) is 0 Å². The zero-order chi connectivity index (χ0) is 8.74. The maximum absolute atomic E-state index is 9.38. The second kappa shape index (κ2) is 7.40. The summed E-state index contributed by atoms with van der Waals surface area (Å²) in [6.07, 6.45) is 3.14. The Kier molecular flexibility index (Phi) is 8.81. The molecule has 0 aromatic heterocycles. The SMILES string of the molecule is C=CCO[PH](C)(O)OCC=C.N. The van der Waals surface area contributed by atoms with Crippen LogP contribution in [0.4, 0.5) is 0 Å². The van der Waals surface area contributed by atoms with Gasteiger partial charge in [0.2, 0.25) is 0 Å². The molecule has 0 aliphatic rings. The molecule has 0 fully saturated rings. The van der Waals surface area contributed by atoms with Crippen LogP contribution in [-0.2, 0) is 9.05 Å². The molecule has 0 amide bonds. The molecule has 0 aromatic carbocycles. The molecule has 12 heavy (non-hydrogen) atoms. The third-order valence-electron chi connectivity index (χ3n) is 0.938. The average molecular weight is 195 g/mol. The molecule has 0 heterocycles. The second-order valence-corrected chi connectivity index (χ2v) is 4.47. The molecule has 0 aliphatic heterocycles. The van der Waals surface area contributed by atoms with Gasteiger partial charge in [-0.2, -0.15) is 0 Å². The maximum Gasteiger partial charge on any atom is -0.344 e. The van der Waals surface area contributed by atoms with Gasteiger partial charge in [-0.1, -0.05) is 0 Å². The Hall–Kier alpha value is -0.250. The first-order valence-corrected chi connectivity index (χ1v) is 5.61. The van der Waals surface area contributed by atoms with Gasteiger partial charge in [0, 0.05) is 0 Å². The van der Waals surface area contributed by atoms with Gasteiger partial charge in [-0.3, -0.25) is 0 Å². The summed E-state index contributed by atoms with van der Waals surface area (Å²) in [5.74, 6) is 0. The van der Waals surface area contributed by atoms with Crippen molar-refractivity contribution in [2.45, 2.75) is 0 Å². The van der Waals surface area contributed by atoms with Crippen molar-refractivity contribution in [2.75, 3.05) is 19.9 Å². The second-order valence-electron chi connectivity index (χ2n) is 2.10. The van der Waals surface area contributed by atoms with Crippen molar-refractivity contribution >= 4 is 7.94 Å². The van der Waals surface area contributed by atoms with Crippen LogP contribution in [0.2, 0.25) is 0 Å². The standard InChI is InChI=1S/C7H15O3P.H3N/c1-4-6-9-11(3,8)10-7-5-2;/h4-5,8,11H,1-2,6-7H2,3H3;1H3. The minimum absolute atomic E-state index is 0. The van der Waals surface area contributed by atoms with Crippen LogP contribution < -0.4 is 6.15 Å². The Bertz CT molecular complexity index is 125. The van der Waals surface area contributed by atoms with E-state index >= 15 is 0 Å². The van der Waals surface area contributed by atoms with E-state index in [-0.39, 0.29) is 6.15 Å². The molecule has 0 saturated carbocycles. The Labute approximate surface area is 74.1 Å². The Morgan fingerprint density at radius 2 is 1.58 bits per heavy atom. The van der Waals surface area contributed by atoms with E-state index in [4.69, 9.17) is 9.05 Å². The molecule has 0 bridgehead atoms. The summed E-state index contributed by atoms with van der Waals surface area (Å²) < 4.78 is 9.97. The summed E-state index contributed by atoms with van der Waals surface area (Å²) in [6.45, 7) is 9.10. The van der Waals surface area contributed by atoms with Crippen molar-refractivity contribution in [1.29, 1.82) is 0 Å². The minimum atomic E-state index is -2.89. The molecular formula is C7H18NO3P. The smallest absolute Gasteiger partial charge is 0.344 e. The van der Waals surface area contributed by atoms with E-state index in [0.29, 0.717) is 13.2 Å². The van der Waals surface area contributed by atoms with E-state index in [1.165, 1.54) is 0 Å². The van der Waals surface area contributed by atoms with Gasteiger partial charge < -0.3 is 6.15 Å². The van der Waals surface area contributed by atoms with E-state index in [1.807, 2.05) is 0 Å². The van der Waals surface area contributed by atoms with Gasteiger partial charge in [-0.25, -0.2) is 0 Å². The quantitative estimate of drug-likeness (QED) is 0.499. The Morgan fingerprint density at radius 3 is 1.83 bits per heavy atom. The largest absolute Gasteiger partial charge is 0.344 e. The normalized spacial score (nSPS) is 11.5. The average Bonchev–Trinajstić information content (AvgIpc) is 1.97. The van der Waals surface area contributed by atoms with Gasteiger partial charge in [-0.15, -0.1) is 0 Å². The molecule has 0 unspecified atom stereocenters. The van der Waals surface area contributed by atoms with Gasteiger partial charge in [0.1, 0.15) is 0 Å². The molecule has 0 atom stereocenters. The monoisotopic (exact) mass is 195 g/mol. The summed E-state index contributed by atoms with van der Waals surface area (Å²) in [4.78, 5) is 9.38. The maximum atomic E-state index is 9.38. The van der Waals surface area contributed by atoms with Crippen molar-refractivity contribution in [3.8, 4) is 0 Å². The van der Waals surface area contributed by atoms with Crippen LogP contribution in [0.25, 0.3) is 0 Å². The van der Waals surface area contributed by atoms with E-state index in [0.717, 1.165) is 0 Å². The molecule has 0 spiro atoms. The first-order valence-electron chi connectivity index (χ1n) is 3.34. The topological polar surface area (TPSA) is 73.7 Å². The third kappa shape index (κ3) is 7.85. The van der Waals surface area contributed by atoms with Gasteiger partial charge >= 0.3 is 67.1 Å². The molecular weight excluding hydrogens is 177 g/mol. The van der Waals surface area contributed by atoms with Crippen LogP contribution in [0.3, 0.4) is 0 Å². The fourth-order valence-corrected chi connectivity index (χ4v) is 1.41. The van der Waals surface area contributed by atoms with E-state index < -0.39 is 7.94 Å². The van der Waals surface area contributed by atoms with Crippen LogP contribution in [0.15, 0.2) is 25.3 Å². The molecule has 0 radical (unpaired) electrons. The Balaban J connectivity index is 0. The van der Waals surface area contributed by atoms with Crippen LogP contribution in [-0.4, -0.2) is 24.8 Å². The van der Waals surface area contributed by atoms with Crippen molar-refractivity contribution in [3.05, 3.63) is 25.3 Å². The van der Waals surface area contributed by atoms with Crippen LogP contribution in [0.5, 0.6) is 0 Å². The van der Waals surface area contributed by atoms with Crippen molar-refractivity contribution < 1.29 is 13.9 Å². The van der Waals surface area contributed by atoms with Gasteiger partial charge in [0.25, 0.3) is 0 Å². The predicted molar refractivity (Wildman–Crippen MR) is 53.8 cm³/mol. The van der Waals surface area contributed by atoms with Crippen LogP contribution in [0, 0.1) is 0 Å². The number of hydrogen-bond acceptors (Lipinski definition) is 4. The zero-order valence-corrected chi connectivity index (χ0v) is 8.45. The summed E-state index contributed by atoms with van der Waals surface area (Å²) in [6, 6.07) is 0. The molecule has 0 aliphatic carbocycles. The molecule has 4 N–H and O–H groups in total. The van der Waals surface area contributed by atoms with E-state index in [1.54, 1.807) is 18.8 Å². The molecule has 0 saturated heterocycles. The first-order chi connectivity index (χ1) is 5.12. The van der Waals surface area contributed by atoms with Crippen LogP contribution >= 0.6 is 7.94 Å². The molecule has 74 valence electrons. The van der Waals surface area contributed by atoms with E-state index in [2.05, 4.69) is 13.2 Å². The van der Waals surface area contributed by atoms with Gasteiger partial charge in [-0.05, 0) is 0 Å². The predicted octanol–water partition coefficient (Wildman–Crippen LogP) is 1.67. The fourth-order valence-electron chi connectivity index (χ4n) is 0.469. The zero-order valence-electron chi connectivity index (χ0n) is 7.45. The molecule has 5 heteroatoms. The van der Waals surface area contributed by atoms with Crippen molar-refractivity contribution in [2.24, 2.45) is 0 Å². The molecule has 4 nitrogen and oxygen atoms in total.